The van der Waals surface area contributed by atoms with E-state index in [4.69, 9.17) is 4.74 Å². The lowest BCUT2D eigenvalue weighted by molar-refractivity contribution is 0.0526. The SMILES string of the molecule is CCOC(=O)c1ccc(N2C(c3ccccc3)CC3(CCCCCCC3)C2C)cc1. The van der Waals surface area contributed by atoms with Crippen molar-refractivity contribution in [3.8, 4) is 0 Å². The van der Waals surface area contributed by atoms with E-state index in [-0.39, 0.29) is 5.97 Å². The van der Waals surface area contributed by atoms with Crippen LogP contribution >= 0.6 is 0 Å². The van der Waals surface area contributed by atoms with E-state index in [0.29, 0.717) is 29.7 Å². The number of rotatable bonds is 4. The Balaban J connectivity index is 1.68. The first-order chi connectivity index (χ1) is 14.6. The van der Waals surface area contributed by atoms with E-state index < -0.39 is 0 Å². The van der Waals surface area contributed by atoms with Crippen molar-refractivity contribution in [2.45, 2.75) is 77.3 Å². The topological polar surface area (TPSA) is 29.5 Å². The average molecular weight is 406 g/mol. The second-order valence-corrected chi connectivity index (χ2v) is 9.11. The molecule has 2 aliphatic rings. The molecule has 160 valence electrons. The Hall–Kier alpha value is -2.29. The number of hydrogen-bond acceptors (Lipinski definition) is 3. The number of nitrogens with zero attached hydrogens (tertiary/aromatic N) is 1. The molecule has 2 unspecified atom stereocenters. The molecule has 3 heteroatoms. The van der Waals surface area contributed by atoms with Gasteiger partial charge in [-0.3, -0.25) is 0 Å². The molecule has 0 aromatic heterocycles. The maximum absolute atomic E-state index is 12.1. The molecule has 1 saturated carbocycles. The summed E-state index contributed by atoms with van der Waals surface area (Å²) in [6.07, 6.45) is 10.7. The molecule has 0 amide bonds. The zero-order valence-corrected chi connectivity index (χ0v) is 18.5. The van der Waals surface area contributed by atoms with Gasteiger partial charge in [-0.1, -0.05) is 62.4 Å². The van der Waals surface area contributed by atoms with Gasteiger partial charge in [0.2, 0.25) is 0 Å². The Bertz CT molecular complexity index is 822. The number of hydrogen-bond donors (Lipinski definition) is 0. The van der Waals surface area contributed by atoms with Crippen LogP contribution in [0.4, 0.5) is 5.69 Å². The van der Waals surface area contributed by atoms with Crippen molar-refractivity contribution in [2.24, 2.45) is 5.41 Å². The highest BCUT2D eigenvalue weighted by molar-refractivity contribution is 5.89. The van der Waals surface area contributed by atoms with Gasteiger partial charge < -0.3 is 9.64 Å². The fourth-order valence-corrected chi connectivity index (χ4v) is 5.79. The lowest BCUT2D eigenvalue weighted by Crippen LogP contribution is -2.38. The van der Waals surface area contributed by atoms with Crippen molar-refractivity contribution in [2.75, 3.05) is 11.5 Å². The minimum Gasteiger partial charge on any atom is -0.462 e. The van der Waals surface area contributed by atoms with Crippen LogP contribution in [-0.2, 0) is 4.74 Å². The summed E-state index contributed by atoms with van der Waals surface area (Å²) < 4.78 is 5.17. The number of carbonyl (C=O) groups is 1. The standard InChI is InChI=1S/C27H35NO2/c1-3-30-26(29)23-14-16-24(17-15-23)28-21(2)27(18-10-5-4-6-11-19-27)20-25(28)22-12-8-7-9-13-22/h7-9,12-17,21,25H,3-6,10-11,18-20H2,1-2H3. The lowest BCUT2D eigenvalue weighted by atomic mass is 9.70. The summed E-state index contributed by atoms with van der Waals surface area (Å²) in [6.45, 7) is 4.68. The Kier molecular flexibility index (Phi) is 6.46. The molecule has 0 radical (unpaired) electrons. The van der Waals surface area contributed by atoms with Gasteiger partial charge in [-0.15, -0.1) is 0 Å². The lowest BCUT2D eigenvalue weighted by Gasteiger charge is -2.38. The fourth-order valence-electron chi connectivity index (χ4n) is 5.79. The van der Waals surface area contributed by atoms with E-state index in [1.807, 2.05) is 19.1 Å². The first kappa shape index (κ1) is 21.0. The van der Waals surface area contributed by atoms with Crippen LogP contribution in [0.3, 0.4) is 0 Å². The quantitative estimate of drug-likeness (QED) is 0.516. The van der Waals surface area contributed by atoms with Crippen molar-refractivity contribution >= 4 is 11.7 Å². The molecule has 2 aromatic carbocycles. The molecule has 0 N–H and O–H groups in total. The molecule has 0 bridgehead atoms. The van der Waals surface area contributed by atoms with Gasteiger partial charge in [0.05, 0.1) is 18.2 Å². The van der Waals surface area contributed by atoms with Crippen LogP contribution in [0.25, 0.3) is 0 Å². The first-order valence-electron chi connectivity index (χ1n) is 11.7. The third-order valence-corrected chi connectivity index (χ3v) is 7.45. The van der Waals surface area contributed by atoms with Crippen LogP contribution in [0.5, 0.6) is 0 Å². The molecule has 2 aromatic rings. The number of anilines is 1. The predicted molar refractivity (Wildman–Crippen MR) is 123 cm³/mol. The van der Waals surface area contributed by atoms with E-state index in [0.717, 1.165) is 0 Å². The van der Waals surface area contributed by atoms with Gasteiger partial charge in [0.15, 0.2) is 0 Å². The second-order valence-electron chi connectivity index (χ2n) is 9.11. The predicted octanol–water partition coefficient (Wildman–Crippen LogP) is 6.93. The van der Waals surface area contributed by atoms with Crippen LogP contribution < -0.4 is 4.90 Å². The van der Waals surface area contributed by atoms with Gasteiger partial charge in [-0.25, -0.2) is 4.79 Å². The molecule has 1 spiro atoms. The molecule has 1 heterocycles. The molecule has 2 atom stereocenters. The normalized spacial score (nSPS) is 23.7. The monoisotopic (exact) mass is 405 g/mol. The maximum Gasteiger partial charge on any atom is 0.338 e. The summed E-state index contributed by atoms with van der Waals surface area (Å²) in [5.41, 5.74) is 3.62. The molecule has 2 fully saturated rings. The highest BCUT2D eigenvalue weighted by Crippen LogP contribution is 2.55. The second kappa shape index (κ2) is 9.24. The summed E-state index contributed by atoms with van der Waals surface area (Å²) in [5.74, 6) is -0.241. The molecular weight excluding hydrogens is 370 g/mol. The van der Waals surface area contributed by atoms with Gasteiger partial charge >= 0.3 is 5.97 Å². The third-order valence-electron chi connectivity index (χ3n) is 7.45. The fraction of sp³-hybridized carbons (Fsp3) is 0.519. The summed E-state index contributed by atoms with van der Waals surface area (Å²) in [6, 6.07) is 19.9. The Morgan fingerprint density at radius 1 is 0.967 bits per heavy atom. The number of ether oxygens (including phenoxy) is 1. The minimum atomic E-state index is -0.241. The summed E-state index contributed by atoms with van der Waals surface area (Å²) in [4.78, 5) is 14.7. The molecule has 1 aliphatic carbocycles. The van der Waals surface area contributed by atoms with Gasteiger partial charge in [0, 0.05) is 11.7 Å². The van der Waals surface area contributed by atoms with Crippen LogP contribution in [0.1, 0.15) is 87.2 Å². The van der Waals surface area contributed by atoms with E-state index in [1.54, 1.807) is 0 Å². The van der Waals surface area contributed by atoms with Crippen LogP contribution in [-0.4, -0.2) is 18.6 Å². The van der Waals surface area contributed by atoms with Crippen molar-refractivity contribution in [1.29, 1.82) is 0 Å². The minimum absolute atomic E-state index is 0.241. The van der Waals surface area contributed by atoms with Crippen molar-refractivity contribution in [3.05, 3.63) is 65.7 Å². The Morgan fingerprint density at radius 3 is 2.23 bits per heavy atom. The molecular formula is C27H35NO2. The molecule has 30 heavy (non-hydrogen) atoms. The number of esters is 1. The zero-order chi connectivity index (χ0) is 21.0. The van der Waals surface area contributed by atoms with Crippen molar-refractivity contribution in [1.82, 2.24) is 0 Å². The van der Waals surface area contributed by atoms with E-state index in [2.05, 4.69) is 54.3 Å². The summed E-state index contributed by atoms with van der Waals surface area (Å²) in [7, 11) is 0. The van der Waals surface area contributed by atoms with Crippen LogP contribution in [0.2, 0.25) is 0 Å². The van der Waals surface area contributed by atoms with Crippen molar-refractivity contribution < 1.29 is 9.53 Å². The summed E-state index contributed by atoms with van der Waals surface area (Å²) in [5, 5.41) is 0. The zero-order valence-electron chi connectivity index (χ0n) is 18.5. The number of benzene rings is 2. The van der Waals surface area contributed by atoms with E-state index >= 15 is 0 Å². The van der Waals surface area contributed by atoms with Gasteiger partial charge in [0.25, 0.3) is 0 Å². The smallest absolute Gasteiger partial charge is 0.338 e. The highest BCUT2D eigenvalue weighted by atomic mass is 16.5. The van der Waals surface area contributed by atoms with E-state index in [9.17, 15) is 4.79 Å². The Morgan fingerprint density at radius 2 is 1.60 bits per heavy atom. The van der Waals surface area contributed by atoms with Gasteiger partial charge in [-0.05, 0) is 68.4 Å². The van der Waals surface area contributed by atoms with Gasteiger partial charge in [0.1, 0.15) is 0 Å². The molecule has 3 nitrogen and oxygen atoms in total. The van der Waals surface area contributed by atoms with E-state index in [1.165, 1.54) is 62.6 Å². The van der Waals surface area contributed by atoms with Crippen LogP contribution in [0, 0.1) is 5.41 Å². The molecule has 4 rings (SSSR count). The highest BCUT2D eigenvalue weighted by Gasteiger charge is 2.49. The van der Waals surface area contributed by atoms with Crippen molar-refractivity contribution in [3.63, 3.8) is 0 Å². The largest absolute Gasteiger partial charge is 0.462 e. The molecule has 1 saturated heterocycles. The number of carbonyl (C=O) groups excluding carboxylic acids is 1. The van der Waals surface area contributed by atoms with Gasteiger partial charge in [-0.2, -0.15) is 0 Å². The van der Waals surface area contributed by atoms with Crippen LogP contribution in [0.15, 0.2) is 54.6 Å². The molecule has 1 aliphatic heterocycles. The third kappa shape index (κ3) is 4.12. The first-order valence-corrected chi connectivity index (χ1v) is 11.7. The summed E-state index contributed by atoms with van der Waals surface area (Å²) >= 11 is 0. The maximum atomic E-state index is 12.1. The Labute approximate surface area is 181 Å². The average Bonchev–Trinajstić information content (AvgIpc) is 3.05.